The monoisotopic (exact) mass is 316 g/mol. The highest BCUT2D eigenvalue weighted by atomic mass is 79.9. The standard InChI is InChI=1S/C15H13BrN2O/c16-12-6-2-4-8-14(12)18-15(19)11-9-17-13-7-3-1-5-10(11)13/h1-8,11,17H,9H2,(H,18,19). The number of hydrogen-bond donors (Lipinski definition) is 2. The van der Waals surface area contributed by atoms with Crippen LogP contribution in [0.5, 0.6) is 0 Å². The number of hydrogen-bond acceptors (Lipinski definition) is 2. The summed E-state index contributed by atoms with van der Waals surface area (Å²) >= 11 is 3.43. The van der Waals surface area contributed by atoms with Gasteiger partial charge in [0.05, 0.1) is 11.6 Å². The van der Waals surface area contributed by atoms with Crippen molar-refractivity contribution in [1.82, 2.24) is 0 Å². The summed E-state index contributed by atoms with van der Waals surface area (Å²) in [6.45, 7) is 0.648. The molecule has 0 aliphatic carbocycles. The van der Waals surface area contributed by atoms with Crippen molar-refractivity contribution in [3.63, 3.8) is 0 Å². The average Bonchev–Trinajstić information content (AvgIpc) is 2.85. The molecule has 0 aromatic heterocycles. The molecule has 0 fully saturated rings. The van der Waals surface area contributed by atoms with Crippen LogP contribution in [-0.2, 0) is 4.79 Å². The molecule has 1 unspecified atom stereocenters. The summed E-state index contributed by atoms with van der Waals surface area (Å²) in [5, 5.41) is 6.23. The Morgan fingerprint density at radius 1 is 1.16 bits per heavy atom. The van der Waals surface area contributed by atoms with Gasteiger partial charge in [-0.2, -0.15) is 0 Å². The second kappa shape index (κ2) is 5.05. The quantitative estimate of drug-likeness (QED) is 0.888. The summed E-state index contributed by atoms with van der Waals surface area (Å²) in [5.74, 6) is -0.118. The van der Waals surface area contributed by atoms with Gasteiger partial charge in [0, 0.05) is 16.7 Å². The van der Waals surface area contributed by atoms with Gasteiger partial charge in [0.15, 0.2) is 0 Å². The first-order chi connectivity index (χ1) is 9.25. The van der Waals surface area contributed by atoms with Gasteiger partial charge in [0.25, 0.3) is 0 Å². The van der Waals surface area contributed by atoms with Crippen molar-refractivity contribution in [2.24, 2.45) is 0 Å². The van der Waals surface area contributed by atoms with Crippen molar-refractivity contribution >= 4 is 33.2 Å². The molecule has 0 spiro atoms. The first-order valence-corrected chi connectivity index (χ1v) is 6.93. The van der Waals surface area contributed by atoms with Gasteiger partial charge < -0.3 is 10.6 Å². The lowest BCUT2D eigenvalue weighted by molar-refractivity contribution is -0.117. The lowest BCUT2D eigenvalue weighted by Crippen LogP contribution is -2.22. The molecule has 2 aromatic carbocycles. The van der Waals surface area contributed by atoms with E-state index >= 15 is 0 Å². The summed E-state index contributed by atoms with van der Waals surface area (Å²) in [5.41, 5.74) is 2.92. The molecule has 0 saturated heterocycles. The van der Waals surface area contributed by atoms with Crippen LogP contribution in [0, 0.1) is 0 Å². The maximum absolute atomic E-state index is 12.4. The maximum Gasteiger partial charge on any atom is 0.233 e. The van der Waals surface area contributed by atoms with Crippen LogP contribution in [0.15, 0.2) is 53.0 Å². The van der Waals surface area contributed by atoms with Crippen LogP contribution in [-0.4, -0.2) is 12.5 Å². The zero-order valence-corrected chi connectivity index (χ0v) is 11.8. The Hall–Kier alpha value is -1.81. The minimum absolute atomic E-state index is 0.0179. The van der Waals surface area contributed by atoms with Crippen LogP contribution in [0.3, 0.4) is 0 Å². The highest BCUT2D eigenvalue weighted by molar-refractivity contribution is 9.10. The topological polar surface area (TPSA) is 41.1 Å². The van der Waals surface area contributed by atoms with Gasteiger partial charge in [-0.15, -0.1) is 0 Å². The van der Waals surface area contributed by atoms with E-state index in [2.05, 4.69) is 26.6 Å². The molecule has 3 rings (SSSR count). The summed E-state index contributed by atoms with van der Waals surface area (Å²) in [6, 6.07) is 15.6. The number of carbonyl (C=O) groups is 1. The van der Waals surface area contributed by atoms with E-state index < -0.39 is 0 Å². The molecule has 0 bridgehead atoms. The van der Waals surface area contributed by atoms with Crippen LogP contribution in [0.1, 0.15) is 11.5 Å². The van der Waals surface area contributed by atoms with Crippen molar-refractivity contribution in [2.45, 2.75) is 5.92 Å². The molecule has 1 heterocycles. The number of benzene rings is 2. The third-order valence-electron chi connectivity index (χ3n) is 3.28. The van der Waals surface area contributed by atoms with Crippen LogP contribution in [0.4, 0.5) is 11.4 Å². The lowest BCUT2D eigenvalue weighted by atomic mass is 10.0. The molecular formula is C15H13BrN2O. The molecule has 1 aliphatic heterocycles. The molecule has 2 aromatic rings. The Balaban J connectivity index is 1.81. The number of halogens is 1. The first kappa shape index (κ1) is 12.2. The number of amides is 1. The van der Waals surface area contributed by atoms with Gasteiger partial charge in [-0.3, -0.25) is 4.79 Å². The summed E-state index contributed by atoms with van der Waals surface area (Å²) < 4.78 is 0.891. The average molecular weight is 317 g/mol. The Bertz CT molecular complexity index is 627. The fourth-order valence-corrected chi connectivity index (χ4v) is 2.68. The van der Waals surface area contributed by atoms with Crippen LogP contribution in [0.2, 0.25) is 0 Å². The number of para-hydroxylation sites is 2. The van der Waals surface area contributed by atoms with Gasteiger partial charge in [-0.05, 0) is 39.7 Å². The predicted molar refractivity (Wildman–Crippen MR) is 80.4 cm³/mol. The van der Waals surface area contributed by atoms with Gasteiger partial charge in [0.1, 0.15) is 0 Å². The van der Waals surface area contributed by atoms with E-state index in [1.54, 1.807) is 0 Å². The molecule has 3 nitrogen and oxygen atoms in total. The Morgan fingerprint density at radius 2 is 1.89 bits per heavy atom. The van der Waals surface area contributed by atoms with Crippen molar-refractivity contribution in [3.05, 3.63) is 58.6 Å². The summed E-state index contributed by atoms with van der Waals surface area (Å²) in [6.07, 6.45) is 0. The minimum atomic E-state index is -0.136. The molecular weight excluding hydrogens is 304 g/mol. The largest absolute Gasteiger partial charge is 0.384 e. The fourth-order valence-electron chi connectivity index (χ4n) is 2.30. The van der Waals surface area contributed by atoms with E-state index in [0.717, 1.165) is 21.4 Å². The Kier molecular flexibility index (Phi) is 3.25. The van der Waals surface area contributed by atoms with Gasteiger partial charge in [-0.1, -0.05) is 30.3 Å². The Morgan fingerprint density at radius 3 is 2.74 bits per heavy atom. The molecule has 1 amide bonds. The fraction of sp³-hybridized carbons (Fsp3) is 0.133. The molecule has 96 valence electrons. The molecule has 2 N–H and O–H groups in total. The van der Waals surface area contributed by atoms with E-state index in [4.69, 9.17) is 0 Å². The number of anilines is 2. The molecule has 19 heavy (non-hydrogen) atoms. The first-order valence-electron chi connectivity index (χ1n) is 6.14. The maximum atomic E-state index is 12.4. The molecule has 1 aliphatic rings. The van der Waals surface area contributed by atoms with Crippen molar-refractivity contribution in [1.29, 1.82) is 0 Å². The third kappa shape index (κ3) is 2.36. The van der Waals surface area contributed by atoms with Gasteiger partial charge in [-0.25, -0.2) is 0 Å². The molecule has 4 heteroatoms. The molecule has 0 radical (unpaired) electrons. The van der Waals surface area contributed by atoms with Gasteiger partial charge >= 0.3 is 0 Å². The number of carbonyl (C=O) groups excluding carboxylic acids is 1. The second-order valence-corrected chi connectivity index (χ2v) is 5.34. The normalized spacial score (nSPS) is 16.6. The lowest BCUT2D eigenvalue weighted by Gasteiger charge is -2.12. The Labute approximate surface area is 120 Å². The van der Waals surface area contributed by atoms with E-state index in [9.17, 15) is 4.79 Å². The number of nitrogens with one attached hydrogen (secondary N) is 2. The van der Waals surface area contributed by atoms with E-state index in [0.29, 0.717) is 6.54 Å². The van der Waals surface area contributed by atoms with Crippen molar-refractivity contribution < 1.29 is 4.79 Å². The van der Waals surface area contributed by atoms with E-state index in [1.807, 2.05) is 48.5 Å². The molecule has 0 saturated carbocycles. The van der Waals surface area contributed by atoms with Crippen molar-refractivity contribution in [3.8, 4) is 0 Å². The third-order valence-corrected chi connectivity index (χ3v) is 3.97. The van der Waals surface area contributed by atoms with Crippen LogP contribution >= 0.6 is 15.9 Å². The van der Waals surface area contributed by atoms with Crippen LogP contribution in [0.25, 0.3) is 0 Å². The molecule has 1 atom stereocenters. The van der Waals surface area contributed by atoms with E-state index in [-0.39, 0.29) is 11.8 Å². The zero-order chi connectivity index (χ0) is 13.2. The SMILES string of the molecule is O=C(Nc1ccccc1Br)C1CNc2ccccc21. The second-order valence-electron chi connectivity index (χ2n) is 4.49. The van der Waals surface area contributed by atoms with Crippen LogP contribution < -0.4 is 10.6 Å². The highest BCUT2D eigenvalue weighted by Gasteiger charge is 2.28. The zero-order valence-electron chi connectivity index (χ0n) is 10.2. The smallest absolute Gasteiger partial charge is 0.233 e. The summed E-state index contributed by atoms with van der Waals surface area (Å²) in [4.78, 5) is 12.4. The van der Waals surface area contributed by atoms with Crippen molar-refractivity contribution in [2.75, 3.05) is 17.2 Å². The van der Waals surface area contributed by atoms with E-state index in [1.165, 1.54) is 0 Å². The highest BCUT2D eigenvalue weighted by Crippen LogP contribution is 2.32. The number of fused-ring (bicyclic) bond motifs is 1. The van der Waals surface area contributed by atoms with Gasteiger partial charge in [0.2, 0.25) is 5.91 Å². The number of rotatable bonds is 2. The minimum Gasteiger partial charge on any atom is -0.384 e. The predicted octanol–water partition coefficient (Wildman–Crippen LogP) is 3.60. The summed E-state index contributed by atoms with van der Waals surface area (Å²) in [7, 11) is 0.